The van der Waals surface area contributed by atoms with E-state index < -0.39 is 28.5 Å². The second kappa shape index (κ2) is 13.3. The molecule has 3 aromatic carbocycles. The number of nitrogens with one attached hydrogen (secondary N) is 1. The largest absolute Gasteiger partial charge is 0.352 e. The third kappa shape index (κ3) is 7.43. The van der Waals surface area contributed by atoms with Crippen LogP contribution in [0.25, 0.3) is 0 Å². The first-order valence-electron chi connectivity index (χ1n) is 13.3. The van der Waals surface area contributed by atoms with Crippen LogP contribution in [0.15, 0.2) is 71.6 Å². The zero-order chi connectivity index (χ0) is 29.6. The number of anilines is 1. The van der Waals surface area contributed by atoms with Gasteiger partial charge in [0.15, 0.2) is 0 Å². The molecule has 0 saturated carbocycles. The highest BCUT2D eigenvalue weighted by Gasteiger charge is 2.34. The molecule has 0 spiro atoms. The van der Waals surface area contributed by atoms with Gasteiger partial charge in [-0.25, -0.2) is 8.42 Å². The van der Waals surface area contributed by atoms with Crippen molar-refractivity contribution in [2.75, 3.05) is 10.8 Å². The fourth-order valence-corrected chi connectivity index (χ4v) is 5.96. The Balaban J connectivity index is 2.10. The highest BCUT2D eigenvalue weighted by Crippen LogP contribution is 2.27. The average molecular weight is 584 g/mol. The van der Waals surface area contributed by atoms with Crippen molar-refractivity contribution >= 4 is 39.1 Å². The predicted molar refractivity (Wildman–Crippen MR) is 161 cm³/mol. The lowest BCUT2D eigenvalue weighted by atomic mass is 10.1. The van der Waals surface area contributed by atoms with Crippen LogP contribution in [0.3, 0.4) is 0 Å². The summed E-state index contributed by atoms with van der Waals surface area (Å²) in [7, 11) is -4.12. The quantitative estimate of drug-likeness (QED) is 0.309. The molecule has 9 heteroatoms. The van der Waals surface area contributed by atoms with Crippen LogP contribution in [0.5, 0.6) is 0 Å². The monoisotopic (exact) mass is 583 g/mol. The van der Waals surface area contributed by atoms with Gasteiger partial charge in [0.1, 0.15) is 12.6 Å². The number of amides is 2. The lowest BCUT2D eigenvalue weighted by Crippen LogP contribution is -2.53. The number of carbonyl (C=O) groups excluding carboxylic acids is 2. The Morgan fingerprint density at radius 2 is 1.57 bits per heavy atom. The number of benzene rings is 3. The summed E-state index contributed by atoms with van der Waals surface area (Å²) in [5.41, 5.74) is 3.84. The smallest absolute Gasteiger partial charge is 0.264 e. The molecule has 0 aromatic heterocycles. The van der Waals surface area contributed by atoms with E-state index in [-0.39, 0.29) is 23.4 Å². The number of rotatable bonds is 11. The van der Waals surface area contributed by atoms with Crippen molar-refractivity contribution in [3.8, 4) is 0 Å². The maximum Gasteiger partial charge on any atom is 0.264 e. The molecule has 0 heterocycles. The number of aryl methyl sites for hydroxylation is 3. The highest BCUT2D eigenvalue weighted by molar-refractivity contribution is 7.92. The van der Waals surface area contributed by atoms with Crippen LogP contribution in [0.4, 0.5) is 5.69 Å². The van der Waals surface area contributed by atoms with Crippen molar-refractivity contribution in [2.24, 2.45) is 0 Å². The fourth-order valence-electron chi connectivity index (χ4n) is 4.36. The molecule has 0 saturated heterocycles. The standard InChI is InChI=1S/C31H38ClN3O4S/c1-7-29(31(37)33-21(2)3)34(19-25-10-8-9-11-28(25)32)30(36)20-35(26-15-14-23(5)24(6)18-26)40(38,39)27-16-12-22(4)13-17-27/h8-18,21,29H,7,19-20H2,1-6H3,(H,33,37). The number of halogens is 1. The molecule has 0 aliphatic heterocycles. The van der Waals surface area contributed by atoms with Crippen molar-refractivity contribution in [2.45, 2.75) is 71.5 Å². The summed E-state index contributed by atoms with van der Waals surface area (Å²) in [4.78, 5) is 28.8. The van der Waals surface area contributed by atoms with Gasteiger partial charge in [0.2, 0.25) is 11.8 Å². The maximum absolute atomic E-state index is 14.1. The third-order valence-corrected chi connectivity index (χ3v) is 8.94. The van der Waals surface area contributed by atoms with Crippen LogP contribution < -0.4 is 9.62 Å². The molecular weight excluding hydrogens is 546 g/mol. The van der Waals surface area contributed by atoms with Crippen LogP contribution >= 0.6 is 11.6 Å². The topological polar surface area (TPSA) is 86.8 Å². The molecule has 0 radical (unpaired) electrons. The predicted octanol–water partition coefficient (Wildman–Crippen LogP) is 5.79. The average Bonchev–Trinajstić information content (AvgIpc) is 2.89. The summed E-state index contributed by atoms with van der Waals surface area (Å²) in [5.74, 6) is -0.823. The minimum absolute atomic E-state index is 0.0495. The number of hydrogen-bond donors (Lipinski definition) is 1. The van der Waals surface area contributed by atoms with Gasteiger partial charge in [0.25, 0.3) is 10.0 Å². The van der Waals surface area contributed by atoms with Gasteiger partial charge in [-0.3, -0.25) is 13.9 Å². The van der Waals surface area contributed by atoms with E-state index in [1.54, 1.807) is 42.5 Å². The highest BCUT2D eigenvalue weighted by atomic mass is 35.5. The second-order valence-electron chi connectivity index (χ2n) is 10.3. The molecule has 3 aromatic rings. The number of nitrogens with zero attached hydrogens (tertiary/aromatic N) is 2. The molecule has 0 bridgehead atoms. The van der Waals surface area contributed by atoms with Crippen molar-refractivity contribution in [1.29, 1.82) is 0 Å². The Morgan fingerprint density at radius 3 is 2.15 bits per heavy atom. The summed E-state index contributed by atoms with van der Waals surface area (Å²) in [5, 5.41) is 3.35. The Labute approximate surface area is 243 Å². The fraction of sp³-hybridized carbons (Fsp3) is 0.355. The Hall–Kier alpha value is -3.36. The van der Waals surface area contributed by atoms with Gasteiger partial charge in [-0.05, 0) is 88.1 Å². The maximum atomic E-state index is 14.1. The molecule has 1 N–H and O–H groups in total. The van der Waals surface area contributed by atoms with Gasteiger partial charge in [0.05, 0.1) is 10.6 Å². The van der Waals surface area contributed by atoms with Gasteiger partial charge >= 0.3 is 0 Å². The first kappa shape index (κ1) is 31.2. The lowest BCUT2D eigenvalue weighted by molar-refractivity contribution is -0.140. The van der Waals surface area contributed by atoms with Gasteiger partial charge < -0.3 is 10.2 Å². The summed E-state index contributed by atoms with van der Waals surface area (Å²) in [6, 6.07) is 18.0. The molecule has 214 valence electrons. The van der Waals surface area contributed by atoms with Gasteiger partial charge in [0, 0.05) is 17.6 Å². The zero-order valence-electron chi connectivity index (χ0n) is 23.9. The van der Waals surface area contributed by atoms with Crippen LogP contribution in [-0.4, -0.2) is 43.8 Å². The first-order chi connectivity index (χ1) is 18.8. The lowest BCUT2D eigenvalue weighted by Gasteiger charge is -2.34. The number of sulfonamides is 1. The zero-order valence-corrected chi connectivity index (χ0v) is 25.5. The van der Waals surface area contributed by atoms with Gasteiger partial charge in [-0.2, -0.15) is 0 Å². The summed E-state index contributed by atoms with van der Waals surface area (Å²) < 4.78 is 29.1. The van der Waals surface area contributed by atoms with Gasteiger partial charge in [-0.1, -0.05) is 60.5 Å². The van der Waals surface area contributed by atoms with Crippen molar-refractivity contribution in [1.82, 2.24) is 10.2 Å². The van der Waals surface area contributed by atoms with Crippen molar-refractivity contribution in [3.63, 3.8) is 0 Å². The number of carbonyl (C=O) groups is 2. The Bertz CT molecular complexity index is 1460. The molecule has 7 nitrogen and oxygen atoms in total. The van der Waals surface area contributed by atoms with Crippen molar-refractivity contribution < 1.29 is 18.0 Å². The minimum Gasteiger partial charge on any atom is -0.352 e. The normalized spacial score (nSPS) is 12.2. The molecule has 40 heavy (non-hydrogen) atoms. The van der Waals surface area contributed by atoms with Crippen molar-refractivity contribution in [3.05, 3.63) is 94.0 Å². The number of hydrogen-bond acceptors (Lipinski definition) is 4. The van der Waals surface area contributed by atoms with E-state index in [4.69, 9.17) is 11.6 Å². The summed E-state index contributed by atoms with van der Waals surface area (Å²) >= 11 is 6.44. The third-order valence-electron chi connectivity index (χ3n) is 6.78. The van der Waals surface area contributed by atoms with E-state index >= 15 is 0 Å². The summed E-state index contributed by atoms with van der Waals surface area (Å²) in [6.07, 6.45) is 0.336. The Kier molecular flexibility index (Phi) is 10.4. The van der Waals surface area contributed by atoms with Crippen LogP contribution in [0.1, 0.15) is 49.4 Å². The van der Waals surface area contributed by atoms with E-state index in [2.05, 4.69) is 5.32 Å². The Morgan fingerprint density at radius 1 is 0.925 bits per heavy atom. The van der Waals surface area contributed by atoms with Gasteiger partial charge in [-0.15, -0.1) is 0 Å². The van der Waals surface area contributed by atoms with E-state index in [0.29, 0.717) is 22.7 Å². The SMILES string of the molecule is CCC(C(=O)NC(C)C)N(Cc1ccccc1Cl)C(=O)CN(c1ccc(C)c(C)c1)S(=O)(=O)c1ccc(C)cc1. The molecule has 0 fully saturated rings. The molecule has 0 aliphatic rings. The molecule has 1 unspecified atom stereocenters. The molecule has 3 rings (SSSR count). The second-order valence-corrected chi connectivity index (χ2v) is 12.6. The van der Waals surface area contributed by atoms with E-state index in [0.717, 1.165) is 21.0 Å². The first-order valence-corrected chi connectivity index (χ1v) is 15.2. The van der Waals surface area contributed by atoms with E-state index in [1.165, 1.54) is 17.0 Å². The minimum atomic E-state index is -4.12. The molecule has 1 atom stereocenters. The molecule has 2 amide bonds. The van der Waals surface area contributed by atoms with Crippen LogP contribution in [-0.2, 0) is 26.2 Å². The molecular formula is C31H38ClN3O4S. The van der Waals surface area contributed by atoms with Crippen LogP contribution in [0.2, 0.25) is 5.02 Å². The summed E-state index contributed by atoms with van der Waals surface area (Å²) in [6.45, 7) is 10.8. The van der Waals surface area contributed by atoms with Crippen LogP contribution in [0, 0.1) is 20.8 Å². The van der Waals surface area contributed by atoms with E-state index in [9.17, 15) is 18.0 Å². The van der Waals surface area contributed by atoms with E-state index in [1.807, 2.05) is 53.7 Å². The molecule has 0 aliphatic carbocycles.